The third kappa shape index (κ3) is 1.34. The Bertz CT molecular complexity index is 297. The van der Waals surface area contributed by atoms with Crippen molar-refractivity contribution in [3.63, 3.8) is 0 Å². The average molecular weight is 153 g/mol. The second kappa shape index (κ2) is 2.41. The first-order valence-electron chi connectivity index (χ1n) is 2.79. The summed E-state index contributed by atoms with van der Waals surface area (Å²) in [6.07, 6.45) is 0. The van der Waals surface area contributed by atoms with Crippen LogP contribution in [0.15, 0.2) is 6.07 Å². The molecule has 1 aromatic rings. The van der Waals surface area contributed by atoms with Gasteiger partial charge in [-0.15, -0.1) is 10.2 Å². The predicted molar refractivity (Wildman–Crippen MR) is 39.4 cm³/mol. The summed E-state index contributed by atoms with van der Waals surface area (Å²) in [5.41, 5.74) is 15.7. The number of primary amides is 1. The Morgan fingerprint density at radius 3 is 2.45 bits per heavy atom. The van der Waals surface area contributed by atoms with Crippen molar-refractivity contribution in [2.75, 3.05) is 11.5 Å². The van der Waals surface area contributed by atoms with Gasteiger partial charge in [-0.25, -0.2) is 0 Å². The minimum atomic E-state index is -0.677. The van der Waals surface area contributed by atoms with Gasteiger partial charge in [-0.05, 0) is 6.07 Å². The molecule has 0 atom stereocenters. The predicted octanol–water partition coefficient (Wildman–Crippen LogP) is -1.26. The first-order valence-corrected chi connectivity index (χ1v) is 2.79. The van der Waals surface area contributed by atoms with Crippen LogP contribution in [0.3, 0.4) is 0 Å². The maximum absolute atomic E-state index is 10.5. The molecule has 0 aromatic carbocycles. The van der Waals surface area contributed by atoms with E-state index in [1.165, 1.54) is 6.07 Å². The van der Waals surface area contributed by atoms with E-state index in [0.717, 1.165) is 0 Å². The molecule has 0 aliphatic rings. The SMILES string of the molecule is NC(=O)c1cc(N)c(N)nn1. The molecule has 0 radical (unpaired) electrons. The number of aromatic nitrogens is 2. The number of nitrogens with two attached hydrogens (primary N) is 3. The van der Waals surface area contributed by atoms with Crippen LogP contribution in [0, 0.1) is 0 Å². The number of carbonyl (C=O) groups excluding carboxylic acids is 1. The van der Waals surface area contributed by atoms with Crippen molar-refractivity contribution in [3.8, 4) is 0 Å². The van der Waals surface area contributed by atoms with Gasteiger partial charge in [-0.1, -0.05) is 0 Å². The van der Waals surface area contributed by atoms with E-state index in [1.54, 1.807) is 0 Å². The Morgan fingerprint density at radius 1 is 1.36 bits per heavy atom. The van der Waals surface area contributed by atoms with E-state index in [9.17, 15) is 4.79 Å². The number of nitrogen functional groups attached to an aromatic ring is 2. The molecule has 1 aromatic heterocycles. The zero-order valence-electron chi connectivity index (χ0n) is 5.61. The Balaban J connectivity index is 3.15. The molecule has 1 amide bonds. The number of rotatable bonds is 1. The molecular formula is C5H7N5O. The standard InChI is InChI=1S/C5H7N5O/c6-2-1-3(5(8)11)9-10-4(2)7/h1H,(H2,6,9)(H2,7,10)(H2,8,11). The highest BCUT2D eigenvalue weighted by Crippen LogP contribution is 2.08. The fraction of sp³-hybridized carbons (Fsp3) is 0. The molecule has 0 saturated carbocycles. The smallest absolute Gasteiger partial charge is 0.269 e. The van der Waals surface area contributed by atoms with Gasteiger partial charge in [0.15, 0.2) is 11.5 Å². The third-order valence-corrected chi connectivity index (χ3v) is 1.11. The van der Waals surface area contributed by atoms with Crippen LogP contribution in [-0.2, 0) is 0 Å². The minimum Gasteiger partial charge on any atom is -0.396 e. The molecule has 11 heavy (non-hydrogen) atoms. The van der Waals surface area contributed by atoms with Crippen molar-refractivity contribution >= 4 is 17.4 Å². The lowest BCUT2D eigenvalue weighted by Gasteiger charge is -1.97. The summed E-state index contributed by atoms with van der Waals surface area (Å²) in [5.74, 6) is -0.584. The fourth-order valence-electron chi connectivity index (χ4n) is 0.536. The molecule has 6 nitrogen and oxygen atoms in total. The zero-order valence-corrected chi connectivity index (χ0v) is 5.61. The molecule has 0 aliphatic heterocycles. The van der Waals surface area contributed by atoms with Crippen LogP contribution in [0.1, 0.15) is 10.5 Å². The number of carbonyl (C=O) groups is 1. The van der Waals surface area contributed by atoms with Gasteiger partial charge in [0.1, 0.15) is 0 Å². The van der Waals surface area contributed by atoms with Gasteiger partial charge < -0.3 is 17.2 Å². The lowest BCUT2D eigenvalue weighted by molar-refractivity contribution is 0.0994. The molecule has 0 aliphatic carbocycles. The van der Waals surface area contributed by atoms with Crippen molar-refractivity contribution in [2.24, 2.45) is 5.73 Å². The zero-order chi connectivity index (χ0) is 8.43. The van der Waals surface area contributed by atoms with Crippen molar-refractivity contribution in [1.29, 1.82) is 0 Å². The van der Waals surface area contributed by atoms with Crippen LogP contribution in [0.5, 0.6) is 0 Å². The van der Waals surface area contributed by atoms with Gasteiger partial charge in [-0.2, -0.15) is 0 Å². The van der Waals surface area contributed by atoms with Crippen LogP contribution in [0.2, 0.25) is 0 Å². The highest BCUT2D eigenvalue weighted by Gasteiger charge is 2.04. The van der Waals surface area contributed by atoms with E-state index in [4.69, 9.17) is 17.2 Å². The molecule has 0 spiro atoms. The van der Waals surface area contributed by atoms with E-state index in [2.05, 4.69) is 10.2 Å². The highest BCUT2D eigenvalue weighted by molar-refractivity contribution is 5.91. The molecule has 1 rings (SSSR count). The molecule has 1 heterocycles. The molecule has 0 unspecified atom stereocenters. The largest absolute Gasteiger partial charge is 0.396 e. The van der Waals surface area contributed by atoms with Crippen LogP contribution in [-0.4, -0.2) is 16.1 Å². The van der Waals surface area contributed by atoms with Gasteiger partial charge >= 0.3 is 0 Å². The maximum Gasteiger partial charge on any atom is 0.269 e. The van der Waals surface area contributed by atoms with Crippen molar-refractivity contribution in [1.82, 2.24) is 10.2 Å². The summed E-state index contributed by atoms with van der Waals surface area (Å²) in [7, 11) is 0. The van der Waals surface area contributed by atoms with Gasteiger partial charge in [0.05, 0.1) is 5.69 Å². The average Bonchev–Trinajstić information content (AvgIpc) is 1.94. The lowest BCUT2D eigenvalue weighted by Crippen LogP contribution is -2.15. The second-order valence-electron chi connectivity index (χ2n) is 1.93. The van der Waals surface area contributed by atoms with Crippen LogP contribution in [0.25, 0.3) is 0 Å². The Hall–Kier alpha value is -1.85. The molecule has 0 fully saturated rings. The Kier molecular flexibility index (Phi) is 1.59. The van der Waals surface area contributed by atoms with E-state index in [-0.39, 0.29) is 17.2 Å². The number of hydrogen-bond acceptors (Lipinski definition) is 5. The normalized spacial score (nSPS) is 9.45. The van der Waals surface area contributed by atoms with Crippen LogP contribution >= 0.6 is 0 Å². The second-order valence-corrected chi connectivity index (χ2v) is 1.93. The summed E-state index contributed by atoms with van der Waals surface area (Å²) in [6.45, 7) is 0. The van der Waals surface area contributed by atoms with E-state index >= 15 is 0 Å². The molecular weight excluding hydrogens is 146 g/mol. The molecule has 58 valence electrons. The van der Waals surface area contributed by atoms with Crippen molar-refractivity contribution in [3.05, 3.63) is 11.8 Å². The third-order valence-electron chi connectivity index (χ3n) is 1.11. The lowest BCUT2D eigenvalue weighted by atomic mass is 10.3. The summed E-state index contributed by atoms with van der Waals surface area (Å²) in [6, 6.07) is 1.28. The van der Waals surface area contributed by atoms with Gasteiger partial charge in [0.2, 0.25) is 0 Å². The van der Waals surface area contributed by atoms with Crippen molar-refractivity contribution in [2.45, 2.75) is 0 Å². The fourth-order valence-corrected chi connectivity index (χ4v) is 0.536. The molecule has 6 heteroatoms. The molecule has 0 bridgehead atoms. The number of hydrogen-bond donors (Lipinski definition) is 3. The maximum atomic E-state index is 10.5. The first-order chi connectivity index (χ1) is 5.11. The Morgan fingerprint density at radius 2 is 2.00 bits per heavy atom. The van der Waals surface area contributed by atoms with E-state index < -0.39 is 5.91 Å². The Labute approximate surface area is 62.4 Å². The van der Waals surface area contributed by atoms with Crippen LogP contribution in [0.4, 0.5) is 11.5 Å². The van der Waals surface area contributed by atoms with Gasteiger partial charge in [0, 0.05) is 0 Å². The molecule has 0 saturated heterocycles. The molecule has 6 N–H and O–H groups in total. The minimum absolute atomic E-state index is 0.0108. The highest BCUT2D eigenvalue weighted by atomic mass is 16.1. The summed E-state index contributed by atoms with van der Waals surface area (Å²) in [5, 5.41) is 6.81. The van der Waals surface area contributed by atoms with Crippen molar-refractivity contribution < 1.29 is 4.79 Å². The first kappa shape index (κ1) is 7.26. The summed E-state index contributed by atoms with van der Waals surface area (Å²) >= 11 is 0. The van der Waals surface area contributed by atoms with Gasteiger partial charge in [-0.3, -0.25) is 4.79 Å². The van der Waals surface area contributed by atoms with Gasteiger partial charge in [0.25, 0.3) is 5.91 Å². The summed E-state index contributed by atoms with van der Waals surface area (Å²) in [4.78, 5) is 10.5. The number of amides is 1. The quantitative estimate of drug-likeness (QED) is 0.465. The van der Waals surface area contributed by atoms with E-state index in [0.29, 0.717) is 0 Å². The van der Waals surface area contributed by atoms with Crippen LogP contribution < -0.4 is 17.2 Å². The van der Waals surface area contributed by atoms with E-state index in [1.807, 2.05) is 0 Å². The summed E-state index contributed by atoms with van der Waals surface area (Å²) < 4.78 is 0. The topological polar surface area (TPSA) is 121 Å². The number of nitrogens with zero attached hydrogens (tertiary/aromatic N) is 2. The number of anilines is 2. The monoisotopic (exact) mass is 153 g/mol.